The van der Waals surface area contributed by atoms with Crippen LogP contribution in [0.5, 0.6) is 0 Å². The van der Waals surface area contributed by atoms with Crippen molar-refractivity contribution in [2.24, 2.45) is 0 Å². The van der Waals surface area contributed by atoms with Crippen molar-refractivity contribution < 1.29 is 22.4 Å². The molecule has 3 aromatic rings. The lowest BCUT2D eigenvalue weighted by atomic mass is 10.1. The fraction of sp³-hybridized carbons (Fsp3) is 0.259. The van der Waals surface area contributed by atoms with Gasteiger partial charge in [-0.3, -0.25) is 13.9 Å². The smallest absolute Gasteiger partial charge is 0.264 e. The van der Waals surface area contributed by atoms with Crippen molar-refractivity contribution in [3.05, 3.63) is 94.7 Å². The number of sulfonamides is 1. The van der Waals surface area contributed by atoms with Crippen LogP contribution in [0.1, 0.15) is 25.8 Å². The lowest BCUT2D eigenvalue weighted by molar-refractivity contribution is -0.139. The first kappa shape index (κ1) is 28.3. The van der Waals surface area contributed by atoms with Gasteiger partial charge in [0.15, 0.2) is 0 Å². The molecule has 0 fully saturated rings. The average Bonchev–Trinajstić information content (AvgIpc) is 2.89. The van der Waals surface area contributed by atoms with Crippen LogP contribution in [0.3, 0.4) is 0 Å². The molecule has 3 aromatic carbocycles. The SMILES string of the molecule is CCCNC(=O)C(C)N(Cc1cccc(Br)c1)C(=O)CN(c1ccccc1)S(=O)(=O)c1ccc(F)cc1. The minimum Gasteiger partial charge on any atom is -0.354 e. The second kappa shape index (κ2) is 12.8. The Morgan fingerprint density at radius 2 is 1.68 bits per heavy atom. The zero-order chi connectivity index (χ0) is 27.0. The first-order chi connectivity index (χ1) is 17.6. The van der Waals surface area contributed by atoms with Gasteiger partial charge in [0.2, 0.25) is 11.8 Å². The fourth-order valence-corrected chi connectivity index (χ4v) is 5.53. The lowest BCUT2D eigenvalue weighted by Crippen LogP contribution is -2.51. The predicted octanol–water partition coefficient (Wildman–Crippen LogP) is 4.73. The highest BCUT2D eigenvalue weighted by molar-refractivity contribution is 9.10. The van der Waals surface area contributed by atoms with Crippen molar-refractivity contribution in [2.75, 3.05) is 17.4 Å². The van der Waals surface area contributed by atoms with E-state index in [4.69, 9.17) is 0 Å². The summed E-state index contributed by atoms with van der Waals surface area (Å²) in [5, 5.41) is 2.80. The van der Waals surface area contributed by atoms with E-state index in [1.807, 2.05) is 31.2 Å². The molecule has 1 N–H and O–H groups in total. The average molecular weight is 591 g/mol. The molecule has 7 nitrogen and oxygen atoms in total. The highest BCUT2D eigenvalue weighted by Crippen LogP contribution is 2.25. The van der Waals surface area contributed by atoms with Crippen LogP contribution in [0.2, 0.25) is 0 Å². The summed E-state index contributed by atoms with van der Waals surface area (Å²) in [6, 6.07) is 19.1. The van der Waals surface area contributed by atoms with Crippen LogP contribution < -0.4 is 9.62 Å². The van der Waals surface area contributed by atoms with Crippen molar-refractivity contribution in [1.82, 2.24) is 10.2 Å². The third kappa shape index (κ3) is 7.39. The number of nitrogens with zero attached hydrogens (tertiary/aromatic N) is 2. The van der Waals surface area contributed by atoms with Gasteiger partial charge < -0.3 is 10.2 Å². The van der Waals surface area contributed by atoms with E-state index in [2.05, 4.69) is 21.2 Å². The normalized spacial score (nSPS) is 12.0. The van der Waals surface area contributed by atoms with E-state index in [0.717, 1.165) is 45.0 Å². The molecule has 0 aliphatic carbocycles. The Kier molecular flexibility index (Phi) is 9.82. The second-order valence-corrected chi connectivity index (χ2v) is 11.2. The van der Waals surface area contributed by atoms with Crippen molar-refractivity contribution in [2.45, 2.75) is 37.8 Å². The molecule has 0 aliphatic rings. The van der Waals surface area contributed by atoms with Crippen LogP contribution in [-0.4, -0.2) is 44.3 Å². The van der Waals surface area contributed by atoms with Gasteiger partial charge in [-0.15, -0.1) is 0 Å². The van der Waals surface area contributed by atoms with E-state index in [1.165, 1.54) is 4.90 Å². The van der Waals surface area contributed by atoms with Crippen LogP contribution in [-0.2, 0) is 26.2 Å². The predicted molar refractivity (Wildman–Crippen MR) is 145 cm³/mol. The zero-order valence-electron chi connectivity index (χ0n) is 20.6. The van der Waals surface area contributed by atoms with Crippen LogP contribution >= 0.6 is 15.9 Å². The second-order valence-electron chi connectivity index (χ2n) is 8.42. The van der Waals surface area contributed by atoms with Gasteiger partial charge >= 0.3 is 0 Å². The fourth-order valence-electron chi connectivity index (χ4n) is 3.67. The molecule has 1 atom stereocenters. The first-order valence-corrected chi connectivity index (χ1v) is 14.0. The monoisotopic (exact) mass is 589 g/mol. The Bertz CT molecular complexity index is 1320. The summed E-state index contributed by atoms with van der Waals surface area (Å²) in [5.41, 5.74) is 1.04. The van der Waals surface area contributed by atoms with Gasteiger partial charge in [-0.1, -0.05) is 53.2 Å². The Morgan fingerprint density at radius 1 is 1.00 bits per heavy atom. The zero-order valence-corrected chi connectivity index (χ0v) is 23.0. The highest BCUT2D eigenvalue weighted by Gasteiger charge is 2.32. The van der Waals surface area contributed by atoms with Gasteiger partial charge in [0.25, 0.3) is 10.0 Å². The van der Waals surface area contributed by atoms with Gasteiger partial charge in [0, 0.05) is 17.6 Å². The Labute approximate surface area is 225 Å². The van der Waals surface area contributed by atoms with Crippen molar-refractivity contribution in [1.29, 1.82) is 0 Å². The maximum atomic E-state index is 13.7. The number of benzene rings is 3. The number of nitrogens with one attached hydrogen (secondary N) is 1. The van der Waals surface area contributed by atoms with Crippen LogP contribution in [0, 0.1) is 5.82 Å². The lowest BCUT2D eigenvalue weighted by Gasteiger charge is -2.32. The quantitative estimate of drug-likeness (QED) is 0.350. The number of amides is 2. The van der Waals surface area contributed by atoms with Crippen molar-refractivity contribution in [3.63, 3.8) is 0 Å². The van der Waals surface area contributed by atoms with Crippen LogP contribution in [0.15, 0.2) is 88.2 Å². The molecule has 1 unspecified atom stereocenters. The molecule has 0 radical (unpaired) electrons. The molecule has 0 aromatic heterocycles. The molecule has 37 heavy (non-hydrogen) atoms. The summed E-state index contributed by atoms with van der Waals surface area (Å²) in [7, 11) is -4.23. The molecule has 0 saturated heterocycles. The molecule has 196 valence electrons. The van der Waals surface area contributed by atoms with E-state index < -0.39 is 34.3 Å². The minimum absolute atomic E-state index is 0.0954. The van der Waals surface area contributed by atoms with E-state index >= 15 is 0 Å². The molecular formula is C27H29BrFN3O4S. The minimum atomic E-state index is -4.23. The Balaban J connectivity index is 1.99. The number of carbonyl (C=O) groups excluding carboxylic acids is 2. The van der Waals surface area contributed by atoms with Crippen LogP contribution in [0.25, 0.3) is 0 Å². The number of halogens is 2. The number of anilines is 1. The summed E-state index contributed by atoms with van der Waals surface area (Å²) in [6.45, 7) is 3.54. The van der Waals surface area contributed by atoms with Crippen molar-refractivity contribution in [3.8, 4) is 0 Å². The van der Waals surface area contributed by atoms with Gasteiger partial charge in [0.05, 0.1) is 10.6 Å². The highest BCUT2D eigenvalue weighted by atomic mass is 79.9. The summed E-state index contributed by atoms with van der Waals surface area (Å²) < 4.78 is 42.5. The molecule has 0 aliphatic heterocycles. The molecule has 10 heteroatoms. The van der Waals surface area contributed by atoms with E-state index in [1.54, 1.807) is 37.3 Å². The van der Waals surface area contributed by atoms with Crippen molar-refractivity contribution >= 4 is 43.5 Å². The largest absolute Gasteiger partial charge is 0.354 e. The van der Waals surface area contributed by atoms with Crippen LogP contribution in [0.4, 0.5) is 10.1 Å². The molecule has 0 bridgehead atoms. The van der Waals surface area contributed by atoms with Gasteiger partial charge in [-0.2, -0.15) is 0 Å². The molecular weight excluding hydrogens is 561 g/mol. The number of hydrogen-bond donors (Lipinski definition) is 1. The standard InChI is InChI=1S/C27H29BrFN3O4S/c1-3-16-30-27(34)20(2)31(18-21-8-7-9-22(28)17-21)26(33)19-32(24-10-5-4-6-11-24)37(35,36)25-14-12-23(29)13-15-25/h4-15,17,20H,3,16,18-19H2,1-2H3,(H,30,34). The van der Waals surface area contributed by atoms with Gasteiger partial charge in [0.1, 0.15) is 18.4 Å². The molecule has 0 saturated carbocycles. The summed E-state index contributed by atoms with van der Waals surface area (Å²) in [4.78, 5) is 27.8. The first-order valence-electron chi connectivity index (χ1n) is 11.8. The summed E-state index contributed by atoms with van der Waals surface area (Å²) >= 11 is 3.42. The number of carbonyl (C=O) groups is 2. The number of hydrogen-bond acceptors (Lipinski definition) is 4. The molecule has 2 amide bonds. The van der Waals surface area contributed by atoms with E-state index in [0.29, 0.717) is 6.54 Å². The molecule has 3 rings (SSSR count). The maximum Gasteiger partial charge on any atom is 0.264 e. The topological polar surface area (TPSA) is 86.8 Å². The number of para-hydroxylation sites is 1. The third-order valence-electron chi connectivity index (χ3n) is 5.68. The number of rotatable bonds is 11. The third-order valence-corrected chi connectivity index (χ3v) is 7.96. The molecule has 0 spiro atoms. The summed E-state index contributed by atoms with van der Waals surface area (Å²) in [5.74, 6) is -1.47. The van der Waals surface area contributed by atoms with Gasteiger partial charge in [-0.05, 0) is 67.4 Å². The van der Waals surface area contributed by atoms with Gasteiger partial charge in [-0.25, -0.2) is 12.8 Å². The molecule has 0 heterocycles. The van der Waals surface area contributed by atoms with E-state index in [-0.39, 0.29) is 23.0 Å². The maximum absolute atomic E-state index is 13.7. The Morgan fingerprint density at radius 3 is 2.30 bits per heavy atom. The Hall–Kier alpha value is -3.24. The van der Waals surface area contributed by atoms with E-state index in [9.17, 15) is 22.4 Å². The summed E-state index contributed by atoms with van der Waals surface area (Å²) in [6.07, 6.45) is 0.732.